The summed E-state index contributed by atoms with van der Waals surface area (Å²) in [4.78, 5) is 8.62. The summed E-state index contributed by atoms with van der Waals surface area (Å²) in [5.74, 6) is 2.03. The van der Waals surface area contributed by atoms with Crippen LogP contribution in [0.4, 0.5) is 5.69 Å². The zero-order valence-electron chi connectivity index (χ0n) is 14.0. The molecule has 0 radical (unpaired) electrons. The number of nitrogens with one attached hydrogen (secondary N) is 1. The van der Waals surface area contributed by atoms with Crippen LogP contribution in [0, 0.1) is 0 Å². The Kier molecular flexibility index (Phi) is 3.82. The van der Waals surface area contributed by atoms with Crippen molar-refractivity contribution in [1.82, 2.24) is 9.97 Å². The lowest BCUT2D eigenvalue weighted by atomic mass is 10.1. The quantitative estimate of drug-likeness (QED) is 0.591. The molecular formula is C20H17N3O2. The molecule has 0 aliphatic rings. The van der Waals surface area contributed by atoms with E-state index in [1.54, 1.807) is 7.11 Å². The van der Waals surface area contributed by atoms with E-state index < -0.39 is 0 Å². The molecule has 0 saturated carbocycles. The topological polar surface area (TPSA) is 56.3 Å². The fraction of sp³-hybridized carbons (Fsp3) is 0.100. The number of hydrogen-bond acceptors (Lipinski definition) is 5. The van der Waals surface area contributed by atoms with Crippen LogP contribution in [0.3, 0.4) is 0 Å². The normalized spacial score (nSPS) is 10.8. The van der Waals surface area contributed by atoms with Gasteiger partial charge in [0.1, 0.15) is 17.8 Å². The van der Waals surface area contributed by atoms with Crippen molar-refractivity contribution < 1.29 is 9.47 Å². The maximum atomic E-state index is 6.16. The van der Waals surface area contributed by atoms with Gasteiger partial charge in [0.2, 0.25) is 5.88 Å². The van der Waals surface area contributed by atoms with Crippen molar-refractivity contribution in [1.29, 1.82) is 0 Å². The average Bonchev–Trinajstić information content (AvgIpc) is 2.68. The van der Waals surface area contributed by atoms with Crippen LogP contribution in [0.2, 0.25) is 0 Å². The highest BCUT2D eigenvalue weighted by Crippen LogP contribution is 2.35. The summed E-state index contributed by atoms with van der Waals surface area (Å²) < 4.78 is 11.4. The summed E-state index contributed by atoms with van der Waals surface area (Å²) in [5.41, 5.74) is 1.83. The van der Waals surface area contributed by atoms with E-state index >= 15 is 0 Å². The molecule has 4 aromatic rings. The molecule has 124 valence electrons. The molecule has 0 bridgehead atoms. The molecule has 0 unspecified atom stereocenters. The van der Waals surface area contributed by atoms with Gasteiger partial charge in [0, 0.05) is 29.6 Å². The summed E-state index contributed by atoms with van der Waals surface area (Å²) in [6.07, 6.45) is 1.50. The monoisotopic (exact) mass is 331 g/mol. The van der Waals surface area contributed by atoms with Gasteiger partial charge in [0.15, 0.2) is 0 Å². The zero-order chi connectivity index (χ0) is 17.2. The average molecular weight is 331 g/mol. The molecule has 1 N–H and O–H groups in total. The van der Waals surface area contributed by atoms with Crippen LogP contribution in [0.15, 0.2) is 60.9 Å². The molecule has 1 aromatic heterocycles. The maximum Gasteiger partial charge on any atom is 0.230 e. The second-order valence-electron chi connectivity index (χ2n) is 5.57. The predicted molar refractivity (Wildman–Crippen MR) is 99.7 cm³/mol. The Morgan fingerprint density at radius 3 is 2.52 bits per heavy atom. The van der Waals surface area contributed by atoms with E-state index in [-0.39, 0.29) is 0 Å². The van der Waals surface area contributed by atoms with Crippen LogP contribution in [-0.4, -0.2) is 24.1 Å². The van der Waals surface area contributed by atoms with Gasteiger partial charge >= 0.3 is 0 Å². The molecule has 3 aromatic carbocycles. The van der Waals surface area contributed by atoms with Crippen LogP contribution < -0.4 is 14.8 Å². The van der Waals surface area contributed by atoms with Crippen LogP contribution in [-0.2, 0) is 0 Å². The molecule has 5 heteroatoms. The van der Waals surface area contributed by atoms with Crippen molar-refractivity contribution in [2.75, 3.05) is 19.5 Å². The Hall–Kier alpha value is -3.34. The molecule has 5 nitrogen and oxygen atoms in total. The summed E-state index contributed by atoms with van der Waals surface area (Å²) in [6, 6.07) is 17.7. The zero-order valence-corrected chi connectivity index (χ0v) is 14.0. The van der Waals surface area contributed by atoms with Crippen molar-refractivity contribution in [3.05, 3.63) is 60.9 Å². The number of anilines is 1. The SMILES string of the molecule is CNc1ccc(Oc2ncnc3cc(OC)ccc23)c2ccccc12. The minimum atomic E-state index is 0.523. The largest absolute Gasteiger partial charge is 0.497 e. The van der Waals surface area contributed by atoms with E-state index in [1.165, 1.54) is 6.33 Å². The van der Waals surface area contributed by atoms with Gasteiger partial charge in [-0.15, -0.1) is 0 Å². The third kappa shape index (κ3) is 2.70. The third-order valence-corrected chi connectivity index (χ3v) is 4.17. The Balaban J connectivity index is 1.83. The molecule has 0 saturated heterocycles. The number of benzene rings is 3. The molecule has 0 amide bonds. The summed E-state index contributed by atoms with van der Waals surface area (Å²) in [6.45, 7) is 0. The molecule has 0 aliphatic carbocycles. The van der Waals surface area contributed by atoms with Gasteiger partial charge in [-0.2, -0.15) is 0 Å². The first kappa shape index (κ1) is 15.2. The van der Waals surface area contributed by atoms with E-state index in [1.807, 2.05) is 55.6 Å². The van der Waals surface area contributed by atoms with Crippen molar-refractivity contribution in [3.63, 3.8) is 0 Å². The van der Waals surface area contributed by atoms with Gasteiger partial charge in [-0.1, -0.05) is 24.3 Å². The lowest BCUT2D eigenvalue weighted by Gasteiger charge is -2.12. The van der Waals surface area contributed by atoms with Gasteiger partial charge in [-0.3, -0.25) is 0 Å². The standard InChI is InChI=1S/C20H17N3O2/c1-21-17-9-10-19(15-6-4-3-5-14(15)17)25-20-16-8-7-13(24-2)11-18(16)22-12-23-20/h3-12,21H,1-2H3. The number of fused-ring (bicyclic) bond motifs is 2. The minimum Gasteiger partial charge on any atom is -0.497 e. The van der Waals surface area contributed by atoms with Gasteiger partial charge in [0.05, 0.1) is 18.0 Å². The van der Waals surface area contributed by atoms with Crippen LogP contribution in [0.5, 0.6) is 17.4 Å². The summed E-state index contributed by atoms with van der Waals surface area (Å²) in [5, 5.41) is 6.17. The van der Waals surface area contributed by atoms with Gasteiger partial charge in [-0.25, -0.2) is 9.97 Å². The summed E-state index contributed by atoms with van der Waals surface area (Å²) >= 11 is 0. The Morgan fingerprint density at radius 1 is 0.880 bits per heavy atom. The molecule has 4 rings (SSSR count). The minimum absolute atomic E-state index is 0.523. The maximum absolute atomic E-state index is 6.16. The van der Waals surface area contributed by atoms with E-state index in [9.17, 15) is 0 Å². The van der Waals surface area contributed by atoms with E-state index in [0.717, 1.165) is 38.9 Å². The number of ether oxygens (including phenoxy) is 2. The molecule has 25 heavy (non-hydrogen) atoms. The molecule has 0 fully saturated rings. The number of hydrogen-bond donors (Lipinski definition) is 1. The van der Waals surface area contributed by atoms with Crippen LogP contribution in [0.25, 0.3) is 21.7 Å². The Bertz CT molecular complexity index is 1060. The number of methoxy groups -OCH3 is 1. The fourth-order valence-corrected chi connectivity index (χ4v) is 2.90. The van der Waals surface area contributed by atoms with Gasteiger partial charge < -0.3 is 14.8 Å². The Morgan fingerprint density at radius 2 is 1.72 bits per heavy atom. The van der Waals surface area contributed by atoms with E-state index in [0.29, 0.717) is 5.88 Å². The lowest BCUT2D eigenvalue weighted by molar-refractivity contribution is 0.415. The van der Waals surface area contributed by atoms with E-state index in [4.69, 9.17) is 9.47 Å². The number of aromatic nitrogens is 2. The highest BCUT2D eigenvalue weighted by Gasteiger charge is 2.11. The highest BCUT2D eigenvalue weighted by molar-refractivity contribution is 5.98. The van der Waals surface area contributed by atoms with Crippen molar-refractivity contribution >= 4 is 27.4 Å². The van der Waals surface area contributed by atoms with Gasteiger partial charge in [0.25, 0.3) is 0 Å². The first-order valence-electron chi connectivity index (χ1n) is 7.96. The third-order valence-electron chi connectivity index (χ3n) is 4.17. The lowest BCUT2D eigenvalue weighted by Crippen LogP contribution is -1.95. The second-order valence-corrected chi connectivity index (χ2v) is 5.57. The fourth-order valence-electron chi connectivity index (χ4n) is 2.90. The van der Waals surface area contributed by atoms with Crippen LogP contribution >= 0.6 is 0 Å². The predicted octanol–water partition coefficient (Wildman–Crippen LogP) is 4.63. The van der Waals surface area contributed by atoms with Crippen molar-refractivity contribution in [3.8, 4) is 17.4 Å². The molecule has 1 heterocycles. The Labute approximate surface area is 145 Å². The second kappa shape index (κ2) is 6.28. The first-order valence-corrected chi connectivity index (χ1v) is 7.96. The van der Waals surface area contributed by atoms with Gasteiger partial charge in [-0.05, 0) is 24.3 Å². The van der Waals surface area contributed by atoms with E-state index in [2.05, 4.69) is 21.4 Å². The molecule has 0 aliphatic heterocycles. The highest BCUT2D eigenvalue weighted by atomic mass is 16.5. The summed E-state index contributed by atoms with van der Waals surface area (Å²) in [7, 11) is 3.54. The van der Waals surface area contributed by atoms with Crippen molar-refractivity contribution in [2.24, 2.45) is 0 Å². The van der Waals surface area contributed by atoms with Crippen molar-refractivity contribution in [2.45, 2.75) is 0 Å². The molecular weight excluding hydrogens is 314 g/mol. The first-order chi connectivity index (χ1) is 12.3. The molecule has 0 atom stereocenters. The van der Waals surface area contributed by atoms with Crippen LogP contribution in [0.1, 0.15) is 0 Å². The smallest absolute Gasteiger partial charge is 0.230 e. The number of rotatable bonds is 4. The number of nitrogens with zero attached hydrogens (tertiary/aromatic N) is 2. The molecule has 0 spiro atoms.